The lowest BCUT2D eigenvalue weighted by molar-refractivity contribution is 0.0742. The zero-order valence-electron chi connectivity index (χ0n) is 13.5. The summed E-state index contributed by atoms with van der Waals surface area (Å²) < 4.78 is 0. The molecule has 2 aromatic carbocycles. The number of anilines is 1. The Morgan fingerprint density at radius 3 is 2.44 bits per heavy atom. The number of hydrogen-bond acceptors (Lipinski definition) is 2. The molecule has 1 aliphatic rings. The Labute approximate surface area is 155 Å². The zero-order chi connectivity index (χ0) is 17.4. The van der Waals surface area contributed by atoms with E-state index in [9.17, 15) is 4.79 Å². The normalized spacial score (nSPS) is 15.0. The van der Waals surface area contributed by atoms with Gasteiger partial charge in [0.2, 0.25) is 0 Å². The van der Waals surface area contributed by atoms with E-state index in [1.165, 1.54) is 0 Å². The maximum absolute atomic E-state index is 12.8. The summed E-state index contributed by atoms with van der Waals surface area (Å²) in [7, 11) is 0. The minimum absolute atomic E-state index is 0.0260. The predicted octanol–water partition coefficient (Wildman–Crippen LogP) is 4.44. The maximum atomic E-state index is 12.8. The van der Waals surface area contributed by atoms with Crippen molar-refractivity contribution in [3.05, 3.63) is 64.3 Å². The van der Waals surface area contributed by atoms with Gasteiger partial charge in [-0.3, -0.25) is 4.79 Å². The summed E-state index contributed by atoms with van der Waals surface area (Å²) in [5.41, 5.74) is 2.58. The molecule has 0 radical (unpaired) electrons. The van der Waals surface area contributed by atoms with Crippen LogP contribution in [0.2, 0.25) is 10.0 Å². The van der Waals surface area contributed by atoms with Gasteiger partial charge >= 0.3 is 0 Å². The summed E-state index contributed by atoms with van der Waals surface area (Å²) in [6.45, 7) is 2.94. The third-order valence-electron chi connectivity index (χ3n) is 4.56. The quantitative estimate of drug-likeness (QED) is 0.721. The van der Waals surface area contributed by atoms with Crippen LogP contribution < -0.4 is 4.90 Å². The highest BCUT2D eigenvalue weighted by molar-refractivity contribution is 6.31. The molecule has 1 N–H and O–H groups in total. The van der Waals surface area contributed by atoms with Crippen LogP contribution in [-0.4, -0.2) is 42.0 Å². The van der Waals surface area contributed by atoms with Crippen LogP contribution in [0.1, 0.15) is 10.5 Å². The Morgan fingerprint density at radius 2 is 1.68 bits per heavy atom. The molecule has 1 aromatic heterocycles. The second-order valence-electron chi connectivity index (χ2n) is 6.17. The number of fused-ring (bicyclic) bond motifs is 1. The van der Waals surface area contributed by atoms with Gasteiger partial charge < -0.3 is 14.8 Å². The van der Waals surface area contributed by atoms with E-state index in [2.05, 4.69) is 9.88 Å². The molecule has 128 valence electrons. The number of carbonyl (C=O) groups excluding carboxylic acids is 1. The van der Waals surface area contributed by atoms with Crippen molar-refractivity contribution in [1.82, 2.24) is 9.88 Å². The summed E-state index contributed by atoms with van der Waals surface area (Å²) in [4.78, 5) is 20.1. The number of rotatable bonds is 2. The topological polar surface area (TPSA) is 39.3 Å². The monoisotopic (exact) mass is 373 g/mol. The van der Waals surface area contributed by atoms with Gasteiger partial charge in [-0.05, 0) is 36.4 Å². The molecule has 0 saturated carbocycles. The van der Waals surface area contributed by atoms with Crippen LogP contribution in [0.4, 0.5) is 5.69 Å². The molecule has 2 heterocycles. The molecule has 0 atom stereocenters. The second-order valence-corrected chi connectivity index (χ2v) is 7.05. The van der Waals surface area contributed by atoms with Crippen LogP contribution in [-0.2, 0) is 0 Å². The van der Waals surface area contributed by atoms with Gasteiger partial charge in [-0.25, -0.2) is 0 Å². The average Bonchev–Trinajstić information content (AvgIpc) is 3.04. The summed E-state index contributed by atoms with van der Waals surface area (Å²) in [6, 6.07) is 15.3. The molecular formula is C19H17Cl2N3O. The average molecular weight is 374 g/mol. The Balaban J connectivity index is 1.47. The number of amides is 1. The lowest BCUT2D eigenvalue weighted by Crippen LogP contribution is -2.48. The molecule has 0 unspecified atom stereocenters. The molecule has 4 rings (SSSR count). The van der Waals surface area contributed by atoms with Crippen molar-refractivity contribution >= 4 is 45.7 Å². The lowest BCUT2D eigenvalue weighted by atomic mass is 10.2. The van der Waals surface area contributed by atoms with E-state index in [0.29, 0.717) is 23.8 Å². The van der Waals surface area contributed by atoms with Crippen molar-refractivity contribution in [2.75, 3.05) is 31.1 Å². The van der Waals surface area contributed by atoms with Gasteiger partial charge in [-0.2, -0.15) is 0 Å². The van der Waals surface area contributed by atoms with Crippen molar-refractivity contribution in [3.63, 3.8) is 0 Å². The Bertz CT molecular complexity index is 929. The summed E-state index contributed by atoms with van der Waals surface area (Å²) in [5, 5.41) is 2.38. The third-order valence-corrected chi connectivity index (χ3v) is 5.03. The van der Waals surface area contributed by atoms with Crippen LogP contribution >= 0.6 is 23.2 Å². The van der Waals surface area contributed by atoms with E-state index in [1.54, 1.807) is 0 Å². The molecule has 1 aliphatic heterocycles. The van der Waals surface area contributed by atoms with Gasteiger partial charge in [0.05, 0.1) is 0 Å². The van der Waals surface area contributed by atoms with E-state index in [-0.39, 0.29) is 5.91 Å². The van der Waals surface area contributed by atoms with Crippen LogP contribution in [0.3, 0.4) is 0 Å². The summed E-state index contributed by atoms with van der Waals surface area (Å²) >= 11 is 12.1. The number of aromatic amines is 1. The van der Waals surface area contributed by atoms with Crippen molar-refractivity contribution in [2.45, 2.75) is 0 Å². The summed E-state index contributed by atoms with van der Waals surface area (Å²) in [6.07, 6.45) is 0. The van der Waals surface area contributed by atoms with E-state index in [1.807, 2.05) is 53.4 Å². The Kier molecular flexibility index (Phi) is 4.32. The molecule has 6 heteroatoms. The zero-order valence-corrected chi connectivity index (χ0v) is 15.0. The number of nitrogens with zero attached hydrogens (tertiary/aromatic N) is 2. The Hall–Kier alpha value is -2.17. The first-order valence-electron chi connectivity index (χ1n) is 8.18. The van der Waals surface area contributed by atoms with Crippen molar-refractivity contribution in [1.29, 1.82) is 0 Å². The van der Waals surface area contributed by atoms with Crippen LogP contribution in [0.25, 0.3) is 10.9 Å². The molecule has 0 aliphatic carbocycles. The number of hydrogen-bond donors (Lipinski definition) is 1. The first-order chi connectivity index (χ1) is 12.1. The number of benzene rings is 2. The van der Waals surface area contributed by atoms with Gasteiger partial charge in [0.25, 0.3) is 5.91 Å². The first kappa shape index (κ1) is 16.3. The van der Waals surface area contributed by atoms with Gasteiger partial charge in [0.1, 0.15) is 5.69 Å². The molecule has 4 nitrogen and oxygen atoms in total. The standard InChI is InChI=1S/C19H17Cl2N3O/c20-14-2-1-3-16(11-14)23-6-8-24(9-7-23)19(25)18-10-13-4-5-15(21)12-17(13)22-18/h1-5,10-12,22H,6-9H2. The third kappa shape index (κ3) is 3.32. The number of aromatic nitrogens is 1. The highest BCUT2D eigenvalue weighted by atomic mass is 35.5. The number of carbonyl (C=O) groups is 1. The molecule has 1 fully saturated rings. The summed E-state index contributed by atoms with van der Waals surface area (Å²) in [5.74, 6) is 0.0260. The van der Waals surface area contributed by atoms with Gasteiger partial charge in [-0.1, -0.05) is 35.3 Å². The highest BCUT2D eigenvalue weighted by Crippen LogP contribution is 2.23. The van der Waals surface area contributed by atoms with Crippen molar-refractivity contribution < 1.29 is 4.79 Å². The smallest absolute Gasteiger partial charge is 0.270 e. The molecule has 3 aromatic rings. The molecule has 1 amide bonds. The van der Waals surface area contributed by atoms with Crippen LogP contribution in [0.15, 0.2) is 48.5 Å². The fraction of sp³-hybridized carbons (Fsp3) is 0.211. The van der Waals surface area contributed by atoms with E-state index in [0.717, 1.165) is 34.7 Å². The van der Waals surface area contributed by atoms with E-state index >= 15 is 0 Å². The van der Waals surface area contributed by atoms with Crippen molar-refractivity contribution in [2.24, 2.45) is 0 Å². The molecule has 25 heavy (non-hydrogen) atoms. The van der Waals surface area contributed by atoms with Gasteiger partial charge in [0.15, 0.2) is 0 Å². The van der Waals surface area contributed by atoms with Crippen LogP contribution in [0.5, 0.6) is 0 Å². The minimum atomic E-state index is 0.0260. The van der Waals surface area contributed by atoms with Crippen molar-refractivity contribution in [3.8, 4) is 0 Å². The molecule has 0 bridgehead atoms. The number of piperazine rings is 1. The minimum Gasteiger partial charge on any atom is -0.368 e. The first-order valence-corrected chi connectivity index (χ1v) is 8.94. The van der Waals surface area contributed by atoms with E-state index in [4.69, 9.17) is 23.2 Å². The maximum Gasteiger partial charge on any atom is 0.270 e. The molecule has 1 saturated heterocycles. The number of nitrogens with one attached hydrogen (secondary N) is 1. The number of H-pyrrole nitrogens is 1. The molecular weight excluding hydrogens is 357 g/mol. The van der Waals surface area contributed by atoms with E-state index < -0.39 is 0 Å². The van der Waals surface area contributed by atoms with Gasteiger partial charge in [0, 0.05) is 52.8 Å². The largest absolute Gasteiger partial charge is 0.368 e. The lowest BCUT2D eigenvalue weighted by Gasteiger charge is -2.36. The van der Waals surface area contributed by atoms with Gasteiger partial charge in [-0.15, -0.1) is 0 Å². The van der Waals surface area contributed by atoms with Crippen LogP contribution in [0, 0.1) is 0 Å². The fourth-order valence-corrected chi connectivity index (χ4v) is 3.58. The fourth-order valence-electron chi connectivity index (χ4n) is 3.23. The second kappa shape index (κ2) is 6.62. The SMILES string of the molecule is O=C(c1cc2ccc(Cl)cc2[nH]1)N1CCN(c2cccc(Cl)c2)CC1. The molecule has 0 spiro atoms. The Morgan fingerprint density at radius 1 is 0.920 bits per heavy atom. The predicted molar refractivity (Wildman–Crippen MR) is 103 cm³/mol. The number of halogens is 2. The highest BCUT2D eigenvalue weighted by Gasteiger charge is 2.23.